The molecule has 0 aliphatic carbocycles. The van der Waals surface area contributed by atoms with Gasteiger partial charge in [0.1, 0.15) is 16.4 Å². The van der Waals surface area contributed by atoms with E-state index in [0.29, 0.717) is 40.1 Å². The molecule has 192 valence electrons. The number of hydrogen-bond donors (Lipinski definition) is 1. The van der Waals surface area contributed by atoms with Crippen LogP contribution >= 0.6 is 22.9 Å². The fraction of sp³-hybridized carbons (Fsp3) is 0.259. The number of halogens is 1. The molecule has 4 rings (SSSR count). The number of aryl methyl sites for hydroxylation is 1. The fourth-order valence-corrected chi connectivity index (χ4v) is 5.02. The predicted octanol–water partition coefficient (Wildman–Crippen LogP) is 5.55. The Hall–Kier alpha value is -3.69. The number of amides is 1. The molecule has 1 atom stereocenters. The van der Waals surface area contributed by atoms with Crippen LogP contribution in [-0.2, 0) is 14.3 Å². The summed E-state index contributed by atoms with van der Waals surface area (Å²) in [6.45, 7) is 6.22. The molecule has 1 aliphatic heterocycles. The summed E-state index contributed by atoms with van der Waals surface area (Å²) in [7, 11) is 1.25. The number of carbonyl (C=O) groups is 3. The lowest BCUT2D eigenvalue weighted by Gasteiger charge is -2.23. The maximum absolute atomic E-state index is 13.3. The molecular weight excluding hydrogens is 516 g/mol. The Bertz CT molecular complexity index is 1380. The summed E-state index contributed by atoms with van der Waals surface area (Å²) < 4.78 is 10.5. The molecule has 1 saturated heterocycles. The van der Waals surface area contributed by atoms with Crippen molar-refractivity contribution in [3.63, 3.8) is 0 Å². The molecule has 1 unspecified atom stereocenters. The lowest BCUT2D eigenvalue weighted by molar-refractivity contribution is -0.132. The monoisotopic (exact) mass is 540 g/mol. The molecule has 1 amide bonds. The summed E-state index contributed by atoms with van der Waals surface area (Å²) in [5.41, 5.74) is 1.14. The van der Waals surface area contributed by atoms with E-state index in [2.05, 4.69) is 4.98 Å². The zero-order valence-corrected chi connectivity index (χ0v) is 22.2. The average Bonchev–Trinajstić information content (AvgIpc) is 3.39. The Morgan fingerprint density at radius 2 is 1.78 bits per heavy atom. The second kappa shape index (κ2) is 10.7. The quantitative estimate of drug-likeness (QED) is 0.181. The molecule has 37 heavy (non-hydrogen) atoms. The third kappa shape index (κ3) is 5.23. The maximum atomic E-state index is 13.3. The van der Waals surface area contributed by atoms with Gasteiger partial charge in [0.2, 0.25) is 0 Å². The number of aliphatic hydroxyl groups is 1. The Morgan fingerprint density at radius 1 is 1.14 bits per heavy atom. The van der Waals surface area contributed by atoms with Gasteiger partial charge in [0, 0.05) is 10.6 Å². The Labute approximate surface area is 223 Å². The van der Waals surface area contributed by atoms with E-state index < -0.39 is 23.7 Å². The van der Waals surface area contributed by atoms with Crippen molar-refractivity contribution in [3.05, 3.63) is 80.8 Å². The van der Waals surface area contributed by atoms with Crippen LogP contribution in [0.1, 0.15) is 46.4 Å². The van der Waals surface area contributed by atoms with Crippen molar-refractivity contribution >= 4 is 51.5 Å². The van der Waals surface area contributed by atoms with Crippen molar-refractivity contribution in [3.8, 4) is 5.75 Å². The van der Waals surface area contributed by atoms with Crippen molar-refractivity contribution in [2.45, 2.75) is 26.8 Å². The zero-order valence-electron chi connectivity index (χ0n) is 20.6. The van der Waals surface area contributed by atoms with E-state index >= 15 is 0 Å². The highest BCUT2D eigenvalue weighted by molar-refractivity contribution is 7.17. The lowest BCUT2D eigenvalue weighted by atomic mass is 9.95. The van der Waals surface area contributed by atoms with Gasteiger partial charge in [-0.15, -0.1) is 0 Å². The summed E-state index contributed by atoms with van der Waals surface area (Å²) in [4.78, 5) is 44.6. The van der Waals surface area contributed by atoms with Gasteiger partial charge in [-0.2, -0.15) is 0 Å². The number of carbonyl (C=O) groups excluding carboxylic acids is 3. The van der Waals surface area contributed by atoms with Gasteiger partial charge in [0.05, 0.1) is 31.0 Å². The Morgan fingerprint density at radius 3 is 2.38 bits per heavy atom. The van der Waals surface area contributed by atoms with Crippen LogP contribution in [0.15, 0.2) is 54.1 Å². The van der Waals surface area contributed by atoms with Gasteiger partial charge >= 0.3 is 11.9 Å². The van der Waals surface area contributed by atoms with Gasteiger partial charge in [0.25, 0.3) is 5.78 Å². The normalized spacial score (nSPS) is 16.9. The van der Waals surface area contributed by atoms with Gasteiger partial charge in [-0.1, -0.05) is 48.9 Å². The number of ketones is 1. The lowest BCUT2D eigenvalue weighted by Crippen LogP contribution is -2.29. The van der Waals surface area contributed by atoms with Gasteiger partial charge in [0.15, 0.2) is 5.13 Å². The van der Waals surface area contributed by atoms with E-state index in [-0.39, 0.29) is 21.3 Å². The van der Waals surface area contributed by atoms with Crippen LogP contribution in [0.25, 0.3) is 5.76 Å². The SMILES string of the molecule is COC(=O)c1sc(N2C(=O)C(=O)/C(=C(/O)c3ccc(OCC(C)C)cc3)C2c2ccc(Cl)cc2)nc1C. The van der Waals surface area contributed by atoms with E-state index in [9.17, 15) is 19.5 Å². The number of nitrogens with zero attached hydrogens (tertiary/aromatic N) is 2. The number of Topliss-reactive ketones (excluding diaryl/α,β-unsaturated/α-hetero) is 1. The van der Waals surface area contributed by atoms with Crippen LogP contribution in [0.4, 0.5) is 5.13 Å². The van der Waals surface area contributed by atoms with Crippen LogP contribution in [0, 0.1) is 12.8 Å². The molecule has 0 spiro atoms. The van der Waals surface area contributed by atoms with Gasteiger partial charge in [-0.25, -0.2) is 9.78 Å². The highest BCUT2D eigenvalue weighted by atomic mass is 35.5. The Kier molecular flexibility index (Phi) is 7.65. The first-order valence-electron chi connectivity index (χ1n) is 11.5. The highest BCUT2D eigenvalue weighted by Crippen LogP contribution is 2.44. The molecule has 0 saturated carbocycles. The second-order valence-electron chi connectivity index (χ2n) is 8.85. The molecule has 2 heterocycles. The molecule has 10 heteroatoms. The van der Waals surface area contributed by atoms with Crippen molar-refractivity contribution in [2.24, 2.45) is 5.92 Å². The molecule has 0 radical (unpaired) electrons. The molecule has 1 aromatic heterocycles. The number of esters is 1. The second-order valence-corrected chi connectivity index (χ2v) is 10.3. The number of hydrogen-bond acceptors (Lipinski definition) is 8. The minimum Gasteiger partial charge on any atom is -0.507 e. The molecule has 1 aliphatic rings. The van der Waals surface area contributed by atoms with Crippen LogP contribution in [0.3, 0.4) is 0 Å². The first kappa shape index (κ1) is 26.4. The standard InChI is InChI=1S/C27H25ClN2O6S/c1-14(2)13-36-19-11-7-17(8-12-19)22(31)20-21(16-5-9-18(28)10-6-16)30(25(33)23(20)32)27-29-15(3)24(37-27)26(34)35-4/h5-12,14,21,31H,13H2,1-4H3/b22-20+. The fourth-order valence-electron chi connectivity index (χ4n) is 3.89. The van der Waals surface area contributed by atoms with Crippen molar-refractivity contribution in [1.29, 1.82) is 0 Å². The summed E-state index contributed by atoms with van der Waals surface area (Å²) in [6, 6.07) is 12.2. The van der Waals surface area contributed by atoms with E-state index in [4.69, 9.17) is 21.1 Å². The molecule has 8 nitrogen and oxygen atoms in total. The maximum Gasteiger partial charge on any atom is 0.350 e. The van der Waals surface area contributed by atoms with Gasteiger partial charge in [-0.3, -0.25) is 14.5 Å². The van der Waals surface area contributed by atoms with Crippen LogP contribution < -0.4 is 9.64 Å². The summed E-state index contributed by atoms with van der Waals surface area (Å²) in [6.07, 6.45) is 0. The molecule has 1 fully saturated rings. The smallest absolute Gasteiger partial charge is 0.350 e. The van der Waals surface area contributed by atoms with Crippen LogP contribution in [-0.4, -0.2) is 41.5 Å². The van der Waals surface area contributed by atoms with E-state index in [1.807, 2.05) is 13.8 Å². The average molecular weight is 541 g/mol. The molecule has 3 aromatic rings. The number of thiazole rings is 1. The number of aliphatic hydroxyl groups excluding tert-OH is 1. The molecule has 1 N–H and O–H groups in total. The minimum absolute atomic E-state index is 0.101. The zero-order chi connectivity index (χ0) is 26.9. The summed E-state index contributed by atoms with van der Waals surface area (Å²) >= 11 is 7.01. The predicted molar refractivity (Wildman–Crippen MR) is 141 cm³/mol. The van der Waals surface area contributed by atoms with Crippen molar-refractivity contribution in [2.75, 3.05) is 18.6 Å². The first-order valence-corrected chi connectivity index (χ1v) is 12.7. The summed E-state index contributed by atoms with van der Waals surface area (Å²) in [5, 5.41) is 11.9. The van der Waals surface area contributed by atoms with E-state index in [1.165, 1.54) is 12.0 Å². The van der Waals surface area contributed by atoms with Gasteiger partial charge in [-0.05, 0) is 54.8 Å². The third-order valence-electron chi connectivity index (χ3n) is 5.70. The number of ether oxygens (including phenoxy) is 2. The Balaban J connectivity index is 1.83. The van der Waals surface area contributed by atoms with Crippen LogP contribution in [0.2, 0.25) is 5.02 Å². The van der Waals surface area contributed by atoms with Crippen molar-refractivity contribution < 1.29 is 29.0 Å². The van der Waals surface area contributed by atoms with E-state index in [0.717, 1.165) is 11.3 Å². The molecule has 0 bridgehead atoms. The van der Waals surface area contributed by atoms with E-state index in [1.54, 1.807) is 55.5 Å². The minimum atomic E-state index is -0.995. The topological polar surface area (TPSA) is 106 Å². The summed E-state index contributed by atoms with van der Waals surface area (Å²) in [5.74, 6) is -1.71. The molecule has 2 aromatic carbocycles. The first-order chi connectivity index (χ1) is 17.6. The third-order valence-corrected chi connectivity index (χ3v) is 7.09. The number of methoxy groups -OCH3 is 1. The number of anilines is 1. The van der Waals surface area contributed by atoms with Gasteiger partial charge < -0.3 is 14.6 Å². The van der Waals surface area contributed by atoms with Crippen molar-refractivity contribution in [1.82, 2.24) is 4.98 Å². The largest absolute Gasteiger partial charge is 0.507 e. The van der Waals surface area contributed by atoms with Crippen LogP contribution in [0.5, 0.6) is 5.75 Å². The number of benzene rings is 2. The molecular formula is C27H25ClN2O6S. The highest BCUT2D eigenvalue weighted by Gasteiger charge is 2.48. The number of aromatic nitrogens is 1. The number of rotatable bonds is 7.